The van der Waals surface area contributed by atoms with Crippen molar-refractivity contribution in [1.29, 1.82) is 0 Å². The van der Waals surface area contributed by atoms with Crippen molar-refractivity contribution in [3.05, 3.63) is 92.3 Å². The van der Waals surface area contributed by atoms with Crippen LogP contribution >= 0.6 is 11.3 Å². The first-order chi connectivity index (χ1) is 14.0. The van der Waals surface area contributed by atoms with Gasteiger partial charge in [0.2, 0.25) is 0 Å². The number of carbonyl (C=O) groups excluding carboxylic acids is 1. The Bertz CT molecular complexity index is 1290. The van der Waals surface area contributed by atoms with Crippen LogP contribution in [0.5, 0.6) is 0 Å². The lowest BCUT2D eigenvalue weighted by Gasteiger charge is -2.08. The van der Waals surface area contributed by atoms with Gasteiger partial charge in [0.25, 0.3) is 11.5 Å². The number of anilines is 1. The van der Waals surface area contributed by atoms with Gasteiger partial charge < -0.3 is 5.32 Å². The fraction of sp³-hybridized carbons (Fsp3) is 0.174. The zero-order chi connectivity index (χ0) is 20.5. The van der Waals surface area contributed by atoms with Crippen molar-refractivity contribution in [2.75, 3.05) is 5.32 Å². The number of aryl methyl sites for hydroxylation is 3. The quantitative estimate of drug-likeness (QED) is 0.538. The molecular formula is C23H21N3O2S. The number of fused-ring (bicyclic) bond motifs is 1. The van der Waals surface area contributed by atoms with Gasteiger partial charge in [-0.15, -0.1) is 11.3 Å². The third-order valence-corrected chi connectivity index (χ3v) is 6.32. The molecule has 4 rings (SSSR count). The molecule has 0 fully saturated rings. The van der Waals surface area contributed by atoms with E-state index in [1.807, 2.05) is 69.3 Å². The number of nitrogens with one attached hydrogen (secondary N) is 1. The number of carbonyl (C=O) groups is 1. The highest BCUT2D eigenvalue weighted by atomic mass is 32.1. The Hall–Kier alpha value is -3.25. The third-order valence-electron chi connectivity index (χ3n) is 5.12. The van der Waals surface area contributed by atoms with Crippen molar-refractivity contribution in [2.24, 2.45) is 0 Å². The maximum Gasteiger partial charge on any atom is 0.266 e. The Labute approximate surface area is 172 Å². The summed E-state index contributed by atoms with van der Waals surface area (Å²) >= 11 is 1.25. The van der Waals surface area contributed by atoms with Crippen molar-refractivity contribution in [3.8, 4) is 0 Å². The first-order valence-corrected chi connectivity index (χ1v) is 10.2. The predicted molar refractivity (Wildman–Crippen MR) is 118 cm³/mol. The van der Waals surface area contributed by atoms with Gasteiger partial charge >= 0.3 is 0 Å². The smallest absolute Gasteiger partial charge is 0.266 e. The summed E-state index contributed by atoms with van der Waals surface area (Å²) in [6, 6.07) is 15.6. The van der Waals surface area contributed by atoms with Gasteiger partial charge in [0.1, 0.15) is 4.83 Å². The number of hydrogen-bond donors (Lipinski definition) is 1. The second-order valence-corrected chi connectivity index (χ2v) is 8.11. The van der Waals surface area contributed by atoms with Crippen molar-refractivity contribution in [3.63, 3.8) is 0 Å². The van der Waals surface area contributed by atoms with Crippen LogP contribution in [-0.4, -0.2) is 15.5 Å². The molecule has 4 aromatic rings. The summed E-state index contributed by atoms with van der Waals surface area (Å²) in [7, 11) is 0. The molecule has 0 atom stereocenters. The summed E-state index contributed by atoms with van der Waals surface area (Å²) in [6.45, 7) is 6.23. The predicted octanol–water partition coefficient (Wildman–Crippen LogP) is 4.68. The van der Waals surface area contributed by atoms with Gasteiger partial charge in [0.15, 0.2) is 0 Å². The van der Waals surface area contributed by atoms with Crippen LogP contribution in [0.3, 0.4) is 0 Å². The van der Waals surface area contributed by atoms with Crippen LogP contribution in [0.4, 0.5) is 5.69 Å². The average Bonchev–Trinajstić information content (AvgIpc) is 3.05. The summed E-state index contributed by atoms with van der Waals surface area (Å²) in [4.78, 5) is 31.5. The molecule has 5 nitrogen and oxygen atoms in total. The molecule has 0 spiro atoms. The van der Waals surface area contributed by atoms with Crippen LogP contribution in [0.25, 0.3) is 10.2 Å². The van der Waals surface area contributed by atoms with Gasteiger partial charge in [-0.05, 0) is 49.1 Å². The number of para-hydroxylation sites is 1. The summed E-state index contributed by atoms with van der Waals surface area (Å²) in [5, 5.41) is 3.46. The number of rotatable bonds is 4. The number of thiophene rings is 1. The standard InChI is InChI=1S/C23H21N3O2S/c1-14-8-4-6-10-17(14)12-26-13-24-22-19(23(26)28)16(3)20(29-22)21(27)25-18-11-7-5-9-15(18)2/h4-11,13H,12H2,1-3H3,(H,25,27). The number of aromatic nitrogens is 2. The molecule has 0 bridgehead atoms. The molecule has 146 valence electrons. The van der Waals surface area contributed by atoms with E-state index in [-0.39, 0.29) is 11.5 Å². The minimum absolute atomic E-state index is 0.123. The SMILES string of the molecule is Cc1ccccc1Cn1cnc2sc(C(=O)Nc3ccccc3C)c(C)c2c1=O. The Kier molecular flexibility index (Phi) is 5.03. The lowest BCUT2D eigenvalue weighted by molar-refractivity contribution is 0.103. The second kappa shape index (κ2) is 7.64. The first kappa shape index (κ1) is 19.1. The topological polar surface area (TPSA) is 64.0 Å². The van der Waals surface area contributed by atoms with Gasteiger partial charge in [-0.3, -0.25) is 14.2 Å². The maximum absolute atomic E-state index is 13.1. The van der Waals surface area contributed by atoms with Crippen molar-refractivity contribution in [2.45, 2.75) is 27.3 Å². The molecule has 0 saturated carbocycles. The van der Waals surface area contributed by atoms with Crippen LogP contribution in [-0.2, 0) is 6.54 Å². The highest BCUT2D eigenvalue weighted by Crippen LogP contribution is 2.28. The average molecular weight is 404 g/mol. The highest BCUT2D eigenvalue weighted by molar-refractivity contribution is 7.20. The Balaban J connectivity index is 1.71. The summed E-state index contributed by atoms with van der Waals surface area (Å²) in [5.41, 5.74) is 4.49. The van der Waals surface area contributed by atoms with Crippen molar-refractivity contribution in [1.82, 2.24) is 9.55 Å². The Morgan fingerprint density at radius 3 is 2.45 bits per heavy atom. The lowest BCUT2D eigenvalue weighted by Crippen LogP contribution is -2.21. The van der Waals surface area contributed by atoms with E-state index >= 15 is 0 Å². The van der Waals surface area contributed by atoms with E-state index in [0.29, 0.717) is 27.2 Å². The van der Waals surface area contributed by atoms with E-state index in [1.165, 1.54) is 11.3 Å². The lowest BCUT2D eigenvalue weighted by atomic mass is 10.1. The molecule has 1 N–H and O–H groups in total. The molecule has 0 saturated heterocycles. The summed E-state index contributed by atoms with van der Waals surface area (Å²) in [6.07, 6.45) is 1.57. The molecule has 0 unspecified atom stereocenters. The van der Waals surface area contributed by atoms with Crippen LogP contribution in [0.1, 0.15) is 31.9 Å². The van der Waals surface area contributed by atoms with Crippen molar-refractivity contribution < 1.29 is 4.79 Å². The van der Waals surface area contributed by atoms with Gasteiger partial charge in [0, 0.05) is 5.69 Å². The minimum atomic E-state index is -0.218. The first-order valence-electron chi connectivity index (χ1n) is 9.35. The summed E-state index contributed by atoms with van der Waals surface area (Å²) < 4.78 is 1.60. The van der Waals surface area contributed by atoms with E-state index in [0.717, 1.165) is 22.4 Å². The van der Waals surface area contributed by atoms with Gasteiger partial charge in [-0.25, -0.2) is 4.98 Å². The molecule has 2 aromatic heterocycles. The van der Waals surface area contributed by atoms with Crippen molar-refractivity contribution >= 4 is 33.1 Å². The van der Waals surface area contributed by atoms with Gasteiger partial charge in [-0.1, -0.05) is 42.5 Å². The van der Waals surface area contributed by atoms with E-state index in [4.69, 9.17) is 0 Å². The molecule has 2 aromatic carbocycles. The fourth-order valence-corrected chi connectivity index (χ4v) is 4.39. The van der Waals surface area contributed by atoms with Crippen LogP contribution in [0.2, 0.25) is 0 Å². The monoisotopic (exact) mass is 403 g/mol. The molecule has 1 amide bonds. The Morgan fingerprint density at radius 2 is 1.72 bits per heavy atom. The molecular weight excluding hydrogens is 382 g/mol. The zero-order valence-corrected chi connectivity index (χ0v) is 17.3. The van der Waals surface area contributed by atoms with E-state index in [2.05, 4.69) is 10.3 Å². The summed E-state index contributed by atoms with van der Waals surface area (Å²) in [5.74, 6) is -0.218. The molecule has 2 heterocycles. The molecule has 29 heavy (non-hydrogen) atoms. The number of nitrogens with zero attached hydrogens (tertiary/aromatic N) is 2. The number of amides is 1. The molecule has 0 aliphatic heterocycles. The largest absolute Gasteiger partial charge is 0.321 e. The molecule has 0 aliphatic carbocycles. The minimum Gasteiger partial charge on any atom is -0.321 e. The maximum atomic E-state index is 13.1. The van der Waals surface area contributed by atoms with E-state index < -0.39 is 0 Å². The fourth-order valence-electron chi connectivity index (χ4n) is 3.35. The highest BCUT2D eigenvalue weighted by Gasteiger charge is 2.20. The number of hydrogen-bond acceptors (Lipinski definition) is 4. The van der Waals surface area contributed by atoms with E-state index in [9.17, 15) is 9.59 Å². The molecule has 0 aliphatic rings. The van der Waals surface area contributed by atoms with Crippen LogP contribution in [0.15, 0.2) is 59.7 Å². The number of benzene rings is 2. The zero-order valence-electron chi connectivity index (χ0n) is 16.5. The Morgan fingerprint density at radius 1 is 1.03 bits per heavy atom. The second-order valence-electron chi connectivity index (χ2n) is 7.11. The third kappa shape index (κ3) is 3.59. The van der Waals surface area contributed by atoms with Gasteiger partial charge in [0.05, 0.1) is 23.1 Å². The normalized spacial score (nSPS) is 11.0. The molecule has 6 heteroatoms. The van der Waals surface area contributed by atoms with Gasteiger partial charge in [-0.2, -0.15) is 0 Å². The van der Waals surface area contributed by atoms with Crippen LogP contribution < -0.4 is 10.9 Å². The van der Waals surface area contributed by atoms with E-state index in [1.54, 1.807) is 10.9 Å². The molecule has 0 radical (unpaired) electrons. The van der Waals surface area contributed by atoms with Crippen LogP contribution in [0, 0.1) is 20.8 Å².